The fourth-order valence-electron chi connectivity index (χ4n) is 2.44. The molecule has 0 fully saturated rings. The number of ether oxygens (including phenoxy) is 1. The highest BCUT2D eigenvalue weighted by Crippen LogP contribution is 2.24. The van der Waals surface area contributed by atoms with E-state index >= 15 is 0 Å². The number of nitrogens with one attached hydrogen (secondary N) is 1. The van der Waals surface area contributed by atoms with E-state index in [2.05, 4.69) is 10.3 Å². The second-order valence-electron chi connectivity index (χ2n) is 4.98. The van der Waals surface area contributed by atoms with Crippen LogP contribution in [0.5, 0.6) is 5.75 Å². The first-order chi connectivity index (χ1) is 11.1. The van der Waals surface area contributed by atoms with Crippen LogP contribution >= 0.6 is 11.6 Å². The number of nitrogens with zero attached hydrogens (tertiary/aromatic N) is 2. The number of fused-ring (bicyclic) bond motifs is 1. The number of imidazole rings is 1. The van der Waals surface area contributed by atoms with Crippen molar-refractivity contribution in [3.8, 4) is 5.75 Å². The van der Waals surface area contributed by atoms with Crippen molar-refractivity contribution in [2.45, 2.75) is 13.8 Å². The summed E-state index contributed by atoms with van der Waals surface area (Å²) in [4.78, 5) is 17.1. The molecule has 0 saturated carbocycles. The Labute approximate surface area is 138 Å². The highest BCUT2D eigenvalue weighted by molar-refractivity contribution is 6.33. The number of aryl methyl sites for hydroxylation is 1. The first-order valence-electron chi connectivity index (χ1n) is 7.28. The van der Waals surface area contributed by atoms with Gasteiger partial charge in [0.1, 0.15) is 5.69 Å². The summed E-state index contributed by atoms with van der Waals surface area (Å²) in [6, 6.07) is 10.8. The zero-order chi connectivity index (χ0) is 16.4. The van der Waals surface area contributed by atoms with Crippen molar-refractivity contribution in [1.29, 1.82) is 0 Å². The van der Waals surface area contributed by atoms with Crippen molar-refractivity contribution in [3.63, 3.8) is 0 Å². The van der Waals surface area contributed by atoms with Crippen LogP contribution in [0.15, 0.2) is 42.6 Å². The van der Waals surface area contributed by atoms with E-state index in [1.165, 1.54) is 0 Å². The lowest BCUT2D eigenvalue weighted by Crippen LogP contribution is -2.15. The Kier molecular flexibility index (Phi) is 4.21. The number of halogens is 1. The number of para-hydroxylation sites is 1. The molecule has 2 heterocycles. The molecule has 3 rings (SSSR count). The van der Waals surface area contributed by atoms with E-state index in [0.29, 0.717) is 40.1 Å². The summed E-state index contributed by atoms with van der Waals surface area (Å²) in [6.45, 7) is 4.24. The van der Waals surface area contributed by atoms with Gasteiger partial charge < -0.3 is 10.1 Å². The van der Waals surface area contributed by atoms with Gasteiger partial charge in [-0.3, -0.25) is 9.20 Å². The first-order valence-corrected chi connectivity index (χ1v) is 7.66. The number of pyridine rings is 1. The minimum atomic E-state index is -0.267. The monoisotopic (exact) mass is 329 g/mol. The number of carbonyl (C=O) groups excluding carboxylic acids is 1. The number of hydrogen-bond donors (Lipinski definition) is 1. The molecule has 1 amide bonds. The molecule has 118 valence electrons. The van der Waals surface area contributed by atoms with Crippen molar-refractivity contribution in [1.82, 2.24) is 9.38 Å². The highest BCUT2D eigenvalue weighted by atomic mass is 35.5. The van der Waals surface area contributed by atoms with Gasteiger partial charge in [0.15, 0.2) is 11.4 Å². The second-order valence-corrected chi connectivity index (χ2v) is 5.39. The quantitative estimate of drug-likeness (QED) is 0.788. The maximum absolute atomic E-state index is 12.7. The maximum Gasteiger partial charge on any atom is 0.274 e. The van der Waals surface area contributed by atoms with Crippen LogP contribution in [0.1, 0.15) is 23.1 Å². The SMILES string of the molecule is CCOc1cccn2c(C(=O)Nc3ccccc3Cl)c(C)nc12. The van der Waals surface area contributed by atoms with Gasteiger partial charge in [0, 0.05) is 6.20 Å². The number of anilines is 1. The molecule has 0 bridgehead atoms. The largest absolute Gasteiger partial charge is 0.490 e. The van der Waals surface area contributed by atoms with E-state index in [0.717, 1.165) is 0 Å². The van der Waals surface area contributed by atoms with E-state index in [9.17, 15) is 4.79 Å². The smallest absolute Gasteiger partial charge is 0.274 e. The molecule has 5 nitrogen and oxygen atoms in total. The van der Waals surface area contributed by atoms with Crippen molar-refractivity contribution in [2.75, 3.05) is 11.9 Å². The molecule has 0 unspecified atom stereocenters. The lowest BCUT2D eigenvalue weighted by Gasteiger charge is -2.08. The van der Waals surface area contributed by atoms with Gasteiger partial charge in [-0.15, -0.1) is 0 Å². The van der Waals surface area contributed by atoms with Crippen LogP contribution in [0, 0.1) is 6.92 Å². The molecular formula is C17H16ClN3O2. The van der Waals surface area contributed by atoms with Crippen molar-refractivity contribution >= 4 is 28.8 Å². The zero-order valence-electron chi connectivity index (χ0n) is 12.8. The van der Waals surface area contributed by atoms with E-state index in [-0.39, 0.29) is 5.91 Å². The number of aromatic nitrogens is 2. The van der Waals surface area contributed by atoms with Crippen molar-refractivity contribution < 1.29 is 9.53 Å². The third-order valence-electron chi connectivity index (χ3n) is 3.43. The standard InChI is InChI=1S/C17H16ClN3O2/c1-3-23-14-9-6-10-21-15(11(2)19-16(14)21)17(22)20-13-8-5-4-7-12(13)18/h4-10H,3H2,1-2H3,(H,20,22). The number of hydrogen-bond acceptors (Lipinski definition) is 3. The van der Waals surface area contributed by atoms with Gasteiger partial charge in [0.05, 0.1) is 23.0 Å². The average Bonchev–Trinajstić information content (AvgIpc) is 2.87. The molecular weight excluding hydrogens is 314 g/mol. The average molecular weight is 330 g/mol. The summed E-state index contributed by atoms with van der Waals surface area (Å²) in [5, 5.41) is 3.31. The Balaban J connectivity index is 2.02. The van der Waals surface area contributed by atoms with Crippen LogP contribution in [-0.2, 0) is 0 Å². The number of benzene rings is 1. The van der Waals surface area contributed by atoms with Gasteiger partial charge in [0.25, 0.3) is 5.91 Å². The van der Waals surface area contributed by atoms with Gasteiger partial charge in [0.2, 0.25) is 0 Å². The predicted octanol–water partition coefficient (Wildman–Crippen LogP) is 3.95. The van der Waals surface area contributed by atoms with Crippen molar-refractivity contribution in [2.24, 2.45) is 0 Å². The molecule has 0 saturated heterocycles. The third kappa shape index (κ3) is 2.87. The van der Waals surface area contributed by atoms with Gasteiger partial charge in [-0.05, 0) is 38.1 Å². The summed E-state index contributed by atoms with van der Waals surface area (Å²) in [7, 11) is 0. The Morgan fingerprint density at radius 1 is 1.30 bits per heavy atom. The molecule has 0 radical (unpaired) electrons. The van der Waals surface area contributed by atoms with E-state index in [4.69, 9.17) is 16.3 Å². The number of carbonyl (C=O) groups is 1. The topological polar surface area (TPSA) is 55.6 Å². The zero-order valence-corrected chi connectivity index (χ0v) is 13.6. The van der Waals surface area contributed by atoms with Crippen LogP contribution in [0.25, 0.3) is 5.65 Å². The summed E-state index contributed by atoms with van der Waals surface area (Å²) in [5.74, 6) is 0.381. The molecule has 0 atom stereocenters. The fourth-order valence-corrected chi connectivity index (χ4v) is 2.62. The van der Waals surface area contributed by atoms with Crippen molar-refractivity contribution in [3.05, 3.63) is 59.0 Å². The maximum atomic E-state index is 12.7. The van der Waals surface area contributed by atoms with Crippen LogP contribution in [0.2, 0.25) is 5.02 Å². The Hall–Kier alpha value is -2.53. The number of rotatable bonds is 4. The molecule has 1 aromatic carbocycles. The molecule has 0 spiro atoms. The lowest BCUT2D eigenvalue weighted by molar-refractivity contribution is 0.102. The normalized spacial score (nSPS) is 10.7. The van der Waals surface area contributed by atoms with Crippen LogP contribution < -0.4 is 10.1 Å². The van der Waals surface area contributed by atoms with E-state index in [1.807, 2.05) is 31.2 Å². The van der Waals surface area contributed by atoms with E-state index < -0.39 is 0 Å². The third-order valence-corrected chi connectivity index (χ3v) is 3.76. The minimum absolute atomic E-state index is 0.267. The second kappa shape index (κ2) is 6.30. The van der Waals surface area contributed by atoms with Gasteiger partial charge in [-0.25, -0.2) is 4.98 Å². The minimum Gasteiger partial charge on any atom is -0.490 e. The molecule has 0 aliphatic carbocycles. The summed E-state index contributed by atoms with van der Waals surface area (Å²) < 4.78 is 7.30. The fraction of sp³-hybridized carbons (Fsp3) is 0.176. The molecule has 2 aromatic heterocycles. The first kappa shape index (κ1) is 15.4. The van der Waals surface area contributed by atoms with Gasteiger partial charge in [-0.2, -0.15) is 0 Å². The molecule has 1 N–H and O–H groups in total. The Morgan fingerprint density at radius 3 is 2.83 bits per heavy atom. The molecule has 0 aliphatic heterocycles. The van der Waals surface area contributed by atoms with Crippen LogP contribution in [-0.4, -0.2) is 21.9 Å². The summed E-state index contributed by atoms with van der Waals surface area (Å²) >= 11 is 6.10. The number of amides is 1. The highest BCUT2D eigenvalue weighted by Gasteiger charge is 2.19. The van der Waals surface area contributed by atoms with Crippen LogP contribution in [0.4, 0.5) is 5.69 Å². The Morgan fingerprint density at radius 2 is 2.09 bits per heavy atom. The van der Waals surface area contributed by atoms with Crippen LogP contribution in [0.3, 0.4) is 0 Å². The summed E-state index contributed by atoms with van der Waals surface area (Å²) in [5.41, 5.74) is 2.27. The van der Waals surface area contributed by atoms with Gasteiger partial charge >= 0.3 is 0 Å². The molecule has 23 heavy (non-hydrogen) atoms. The molecule has 0 aliphatic rings. The predicted molar refractivity (Wildman–Crippen MR) is 90.5 cm³/mol. The van der Waals surface area contributed by atoms with Gasteiger partial charge in [-0.1, -0.05) is 23.7 Å². The van der Waals surface area contributed by atoms with E-state index in [1.54, 1.807) is 29.7 Å². The Bertz CT molecular complexity index is 873. The summed E-state index contributed by atoms with van der Waals surface area (Å²) in [6.07, 6.45) is 1.79. The molecule has 3 aromatic rings. The molecule has 6 heteroatoms. The lowest BCUT2D eigenvalue weighted by atomic mass is 10.3.